The summed E-state index contributed by atoms with van der Waals surface area (Å²) < 4.78 is 25.4. The summed E-state index contributed by atoms with van der Waals surface area (Å²) >= 11 is 3.38. The van der Waals surface area contributed by atoms with Gasteiger partial charge >= 0.3 is 0 Å². The third-order valence-corrected chi connectivity index (χ3v) is 5.30. The van der Waals surface area contributed by atoms with Crippen molar-refractivity contribution in [3.05, 3.63) is 29.6 Å². The molecule has 1 spiro atoms. The summed E-state index contributed by atoms with van der Waals surface area (Å²) in [5.74, 6) is 0.525. The van der Waals surface area contributed by atoms with Gasteiger partial charge in [0.15, 0.2) is 0 Å². The Morgan fingerprint density at radius 1 is 1.24 bits per heavy atom. The number of ether oxygens (including phenoxy) is 2. The molecule has 0 bridgehead atoms. The Morgan fingerprint density at radius 2 is 2.05 bits per heavy atom. The van der Waals surface area contributed by atoms with Crippen LogP contribution in [0.3, 0.4) is 0 Å². The van der Waals surface area contributed by atoms with Crippen LogP contribution in [0, 0.1) is 5.82 Å². The first kappa shape index (κ1) is 15.3. The van der Waals surface area contributed by atoms with Crippen LogP contribution in [0.5, 0.6) is 5.75 Å². The van der Waals surface area contributed by atoms with E-state index in [4.69, 9.17) is 9.47 Å². The van der Waals surface area contributed by atoms with Crippen molar-refractivity contribution in [2.75, 3.05) is 6.61 Å². The quantitative estimate of drug-likeness (QED) is 0.708. The third-order valence-electron chi connectivity index (χ3n) is 4.69. The molecule has 1 aromatic carbocycles. The molecule has 1 aliphatic carbocycles. The van der Waals surface area contributed by atoms with Crippen LogP contribution in [-0.2, 0) is 10.1 Å². The van der Waals surface area contributed by atoms with E-state index in [1.54, 1.807) is 6.07 Å². The van der Waals surface area contributed by atoms with Gasteiger partial charge in [-0.15, -0.1) is 0 Å². The summed E-state index contributed by atoms with van der Waals surface area (Å²) in [6, 6.07) is 4.67. The first-order chi connectivity index (χ1) is 10.2. The van der Waals surface area contributed by atoms with Crippen LogP contribution >= 0.6 is 15.9 Å². The fourth-order valence-electron chi connectivity index (χ4n) is 3.55. The van der Waals surface area contributed by atoms with Crippen molar-refractivity contribution in [3.8, 4) is 5.75 Å². The SMILES string of the molecule is Fc1ccc(OCC2CCC3(CCCCC3)O2)c(CBr)c1. The fraction of sp³-hybridized carbons (Fsp3) is 0.647. The smallest absolute Gasteiger partial charge is 0.123 e. The van der Waals surface area contributed by atoms with Crippen LogP contribution in [0.15, 0.2) is 18.2 Å². The standard InChI is InChI=1S/C17H22BrFO2/c18-11-13-10-14(19)4-5-16(13)20-12-15-6-9-17(21-15)7-2-1-3-8-17/h4-5,10,15H,1-3,6-9,11-12H2. The van der Waals surface area contributed by atoms with E-state index < -0.39 is 0 Å². The first-order valence-corrected chi connectivity index (χ1v) is 8.98. The largest absolute Gasteiger partial charge is 0.491 e. The van der Waals surface area contributed by atoms with Gasteiger partial charge in [-0.25, -0.2) is 4.39 Å². The Balaban J connectivity index is 1.56. The Hall–Kier alpha value is -0.610. The number of rotatable bonds is 4. The van der Waals surface area contributed by atoms with Gasteiger partial charge in [-0.1, -0.05) is 35.2 Å². The van der Waals surface area contributed by atoms with E-state index in [9.17, 15) is 4.39 Å². The van der Waals surface area contributed by atoms with Gasteiger partial charge in [0.05, 0.1) is 11.7 Å². The van der Waals surface area contributed by atoms with Crippen LogP contribution in [0.2, 0.25) is 0 Å². The van der Waals surface area contributed by atoms with Crippen LogP contribution in [0.25, 0.3) is 0 Å². The van der Waals surface area contributed by atoms with Crippen molar-refractivity contribution in [2.24, 2.45) is 0 Å². The minimum atomic E-state index is -0.227. The average Bonchev–Trinajstić information content (AvgIpc) is 2.89. The highest BCUT2D eigenvalue weighted by Crippen LogP contribution is 2.42. The molecule has 2 aliphatic rings. The molecular weight excluding hydrogens is 335 g/mol. The number of benzene rings is 1. The topological polar surface area (TPSA) is 18.5 Å². The maximum atomic E-state index is 13.2. The Labute approximate surface area is 134 Å². The van der Waals surface area contributed by atoms with Gasteiger partial charge in [0.25, 0.3) is 0 Å². The monoisotopic (exact) mass is 356 g/mol. The molecule has 4 heteroatoms. The second-order valence-electron chi connectivity index (χ2n) is 6.22. The van der Waals surface area contributed by atoms with E-state index in [2.05, 4.69) is 15.9 Å². The van der Waals surface area contributed by atoms with Crippen LogP contribution in [-0.4, -0.2) is 18.3 Å². The number of halogens is 2. The second kappa shape index (κ2) is 6.66. The molecule has 1 heterocycles. The maximum absolute atomic E-state index is 13.2. The zero-order chi connectivity index (χ0) is 14.7. The molecule has 0 N–H and O–H groups in total. The van der Waals surface area contributed by atoms with Crippen molar-refractivity contribution in [2.45, 2.75) is 62.0 Å². The molecule has 1 aliphatic heterocycles. The van der Waals surface area contributed by atoms with Gasteiger partial charge in [0.2, 0.25) is 0 Å². The molecule has 0 aromatic heterocycles. The molecule has 1 atom stereocenters. The Kier molecular flexibility index (Phi) is 4.85. The van der Waals surface area contributed by atoms with E-state index in [0.717, 1.165) is 24.2 Å². The highest BCUT2D eigenvalue weighted by Gasteiger charge is 2.40. The highest BCUT2D eigenvalue weighted by molar-refractivity contribution is 9.08. The minimum absolute atomic E-state index is 0.132. The van der Waals surface area contributed by atoms with Gasteiger partial charge < -0.3 is 9.47 Å². The average molecular weight is 357 g/mol. The fourth-order valence-corrected chi connectivity index (χ4v) is 3.99. The minimum Gasteiger partial charge on any atom is -0.491 e. The van der Waals surface area contributed by atoms with E-state index in [1.807, 2.05) is 0 Å². The number of alkyl halides is 1. The van der Waals surface area contributed by atoms with Crippen molar-refractivity contribution in [3.63, 3.8) is 0 Å². The molecule has 1 saturated carbocycles. The van der Waals surface area contributed by atoms with Crippen molar-refractivity contribution >= 4 is 15.9 Å². The summed E-state index contributed by atoms with van der Waals surface area (Å²) in [5, 5.41) is 0.593. The Bertz CT molecular complexity index is 486. The van der Waals surface area contributed by atoms with E-state index in [-0.39, 0.29) is 17.5 Å². The summed E-state index contributed by atoms with van der Waals surface area (Å²) in [4.78, 5) is 0. The molecule has 1 aromatic rings. The lowest BCUT2D eigenvalue weighted by Crippen LogP contribution is -2.32. The van der Waals surface area contributed by atoms with Crippen LogP contribution < -0.4 is 4.74 Å². The van der Waals surface area contributed by atoms with Gasteiger partial charge in [-0.05, 0) is 43.9 Å². The molecule has 3 rings (SSSR count). The zero-order valence-electron chi connectivity index (χ0n) is 12.2. The molecule has 1 saturated heterocycles. The van der Waals surface area contributed by atoms with Crippen LogP contribution in [0.1, 0.15) is 50.5 Å². The van der Waals surface area contributed by atoms with Crippen molar-refractivity contribution in [1.29, 1.82) is 0 Å². The predicted octanol–water partition coefficient (Wildman–Crippen LogP) is 4.98. The maximum Gasteiger partial charge on any atom is 0.123 e. The van der Waals surface area contributed by atoms with Gasteiger partial charge in [-0.2, -0.15) is 0 Å². The van der Waals surface area contributed by atoms with E-state index in [1.165, 1.54) is 44.2 Å². The lowest BCUT2D eigenvalue weighted by molar-refractivity contribution is -0.0749. The Morgan fingerprint density at radius 3 is 2.81 bits per heavy atom. The second-order valence-corrected chi connectivity index (χ2v) is 6.78. The summed E-state index contributed by atoms with van der Waals surface area (Å²) in [5.41, 5.74) is 0.980. The highest BCUT2D eigenvalue weighted by atomic mass is 79.9. The normalized spacial score (nSPS) is 24.4. The van der Waals surface area contributed by atoms with Crippen LogP contribution in [0.4, 0.5) is 4.39 Å². The van der Waals surface area contributed by atoms with Gasteiger partial charge in [0.1, 0.15) is 18.2 Å². The summed E-state index contributed by atoms with van der Waals surface area (Å²) in [6.07, 6.45) is 8.74. The molecule has 116 valence electrons. The van der Waals surface area contributed by atoms with Gasteiger partial charge in [0, 0.05) is 10.9 Å². The first-order valence-electron chi connectivity index (χ1n) is 7.86. The zero-order valence-corrected chi connectivity index (χ0v) is 13.8. The van der Waals surface area contributed by atoms with E-state index >= 15 is 0 Å². The number of hydrogen-bond donors (Lipinski definition) is 0. The van der Waals surface area contributed by atoms with Crippen molar-refractivity contribution in [1.82, 2.24) is 0 Å². The third kappa shape index (κ3) is 3.59. The molecule has 2 nitrogen and oxygen atoms in total. The van der Waals surface area contributed by atoms with E-state index in [0.29, 0.717) is 11.9 Å². The van der Waals surface area contributed by atoms with Gasteiger partial charge in [-0.3, -0.25) is 0 Å². The molecule has 2 fully saturated rings. The molecule has 0 radical (unpaired) electrons. The summed E-state index contributed by atoms with van der Waals surface area (Å²) in [7, 11) is 0. The summed E-state index contributed by atoms with van der Waals surface area (Å²) in [6.45, 7) is 0.563. The molecular formula is C17H22BrFO2. The van der Waals surface area contributed by atoms with Crippen molar-refractivity contribution < 1.29 is 13.9 Å². The molecule has 1 unspecified atom stereocenters. The lowest BCUT2D eigenvalue weighted by Gasteiger charge is -2.33. The number of hydrogen-bond acceptors (Lipinski definition) is 2. The molecule has 21 heavy (non-hydrogen) atoms. The lowest BCUT2D eigenvalue weighted by atomic mass is 9.83. The predicted molar refractivity (Wildman–Crippen MR) is 84.4 cm³/mol. The molecule has 0 amide bonds.